The largest absolute Gasteiger partial charge is 0.462 e. The second-order valence-corrected chi connectivity index (χ2v) is 15.7. The number of ether oxygens (including phenoxy) is 3. The van der Waals surface area contributed by atoms with Crippen molar-refractivity contribution in [1.29, 1.82) is 0 Å². The molecule has 0 aromatic heterocycles. The second-order valence-electron chi connectivity index (χ2n) is 15.7. The zero-order valence-electron chi connectivity index (χ0n) is 27.7. The van der Waals surface area contributed by atoms with Crippen molar-refractivity contribution in [3.8, 4) is 0 Å². The molecule has 0 aliphatic heterocycles. The van der Waals surface area contributed by atoms with E-state index in [4.69, 9.17) is 14.2 Å². The molecular weight excluding hydrogens is 540 g/mol. The minimum atomic E-state index is -0.458. The molecule has 4 saturated carbocycles. The van der Waals surface area contributed by atoms with Gasteiger partial charge < -0.3 is 14.2 Å². The van der Waals surface area contributed by atoms with Crippen LogP contribution in [0.5, 0.6) is 0 Å². The number of hydrogen-bond donors (Lipinski definition) is 0. The normalized spacial score (nSPS) is 26.7. The van der Waals surface area contributed by atoms with Gasteiger partial charge in [-0.3, -0.25) is 14.4 Å². The Bertz CT molecular complexity index is 906. The molecule has 0 amide bonds. The Labute approximate surface area is 265 Å². The molecule has 0 N–H and O–H groups in total. The summed E-state index contributed by atoms with van der Waals surface area (Å²) in [5, 5.41) is 0. The highest BCUT2D eigenvalue weighted by atomic mass is 16.6. The van der Waals surface area contributed by atoms with Crippen LogP contribution in [0.2, 0.25) is 0 Å². The van der Waals surface area contributed by atoms with E-state index in [1.165, 1.54) is 32.1 Å². The summed E-state index contributed by atoms with van der Waals surface area (Å²) in [4.78, 5) is 37.4. The van der Waals surface area contributed by atoms with Crippen molar-refractivity contribution < 1.29 is 28.6 Å². The van der Waals surface area contributed by atoms with Crippen LogP contribution in [-0.4, -0.2) is 35.2 Å². The fraction of sp³-hybridized carbons (Fsp3) is 0.919. The molecule has 0 heterocycles. The van der Waals surface area contributed by atoms with Gasteiger partial charge in [0.15, 0.2) is 0 Å². The Morgan fingerprint density at radius 2 is 1.28 bits per heavy atom. The van der Waals surface area contributed by atoms with Gasteiger partial charge in [0.1, 0.15) is 17.3 Å². The van der Waals surface area contributed by atoms with Crippen LogP contribution in [0.25, 0.3) is 0 Å². The summed E-state index contributed by atoms with van der Waals surface area (Å²) in [5.74, 6) is 0.770. The zero-order chi connectivity index (χ0) is 30.6. The molecule has 0 aromatic carbocycles. The third kappa shape index (κ3) is 9.95. The first kappa shape index (κ1) is 39.4. The standard InChI is InChI=1S/C23H38O4.C12H22O2.2CH4/c1-6-22(2,3)21(25)26-19-14-15-12-17(19)18(13-15)20(24)27-23(4,5)16-10-8-7-9-11-16;1-5-11(2,3)10(13)14-12(4)8-6-7-9-12;;/h15-19H,6-14H2,1-5H3;5-9H2,1-4H3;2*1H4. The summed E-state index contributed by atoms with van der Waals surface area (Å²) in [7, 11) is 0. The van der Waals surface area contributed by atoms with Crippen molar-refractivity contribution in [2.45, 2.75) is 184 Å². The number of carbonyl (C=O) groups excluding carboxylic acids is 3. The SMILES string of the molecule is C.C.CCC(C)(C)C(=O)OC1(C)CCCC1.CCC(C)(C)C(=O)OC1CC2CC(C(=O)OC(C)(C)C3CCCCC3)C1C2. The van der Waals surface area contributed by atoms with E-state index in [1.807, 2.05) is 41.5 Å². The van der Waals surface area contributed by atoms with Gasteiger partial charge in [-0.15, -0.1) is 0 Å². The lowest BCUT2D eigenvalue weighted by Crippen LogP contribution is -2.42. The monoisotopic (exact) mass is 609 g/mol. The third-order valence-electron chi connectivity index (χ3n) is 11.1. The van der Waals surface area contributed by atoms with Crippen LogP contribution in [0, 0.1) is 34.5 Å². The first-order chi connectivity index (χ1) is 19.0. The minimum absolute atomic E-state index is 0. The highest BCUT2D eigenvalue weighted by molar-refractivity contribution is 5.77. The molecule has 4 rings (SSSR count). The number of hydrogen-bond acceptors (Lipinski definition) is 6. The summed E-state index contributed by atoms with van der Waals surface area (Å²) in [6.07, 6.45) is 14.8. The Hall–Kier alpha value is -1.59. The molecule has 0 saturated heterocycles. The van der Waals surface area contributed by atoms with Crippen LogP contribution in [0.15, 0.2) is 0 Å². The van der Waals surface area contributed by atoms with Crippen molar-refractivity contribution in [3.63, 3.8) is 0 Å². The van der Waals surface area contributed by atoms with Crippen LogP contribution in [0.3, 0.4) is 0 Å². The summed E-state index contributed by atoms with van der Waals surface area (Å²) in [5.41, 5.74) is -1.36. The molecule has 2 bridgehead atoms. The number of fused-ring (bicyclic) bond motifs is 2. The lowest BCUT2D eigenvalue weighted by Gasteiger charge is -2.38. The molecular formula is C37H68O6. The van der Waals surface area contributed by atoms with Gasteiger partial charge in [0.2, 0.25) is 0 Å². The van der Waals surface area contributed by atoms with Crippen LogP contribution in [-0.2, 0) is 28.6 Å². The topological polar surface area (TPSA) is 78.9 Å². The van der Waals surface area contributed by atoms with Gasteiger partial charge >= 0.3 is 17.9 Å². The van der Waals surface area contributed by atoms with Gasteiger partial charge in [0, 0.05) is 5.92 Å². The molecule has 0 radical (unpaired) electrons. The van der Waals surface area contributed by atoms with Crippen LogP contribution in [0.1, 0.15) is 167 Å². The highest BCUT2D eigenvalue weighted by Crippen LogP contribution is 2.51. The Kier molecular flexibility index (Phi) is 14.3. The molecule has 6 nitrogen and oxygen atoms in total. The Morgan fingerprint density at radius 1 is 0.744 bits per heavy atom. The molecule has 0 spiro atoms. The molecule has 43 heavy (non-hydrogen) atoms. The maximum Gasteiger partial charge on any atom is 0.312 e. The van der Waals surface area contributed by atoms with Gasteiger partial charge in [-0.05, 0) is 131 Å². The molecule has 252 valence electrons. The number of esters is 3. The van der Waals surface area contributed by atoms with Gasteiger partial charge in [-0.25, -0.2) is 0 Å². The zero-order valence-corrected chi connectivity index (χ0v) is 27.7. The Morgan fingerprint density at radius 3 is 1.79 bits per heavy atom. The van der Waals surface area contributed by atoms with E-state index in [2.05, 4.69) is 20.8 Å². The number of carbonyl (C=O) groups is 3. The van der Waals surface area contributed by atoms with Crippen molar-refractivity contribution in [1.82, 2.24) is 0 Å². The van der Waals surface area contributed by atoms with Gasteiger partial charge in [0.05, 0.1) is 16.7 Å². The maximum absolute atomic E-state index is 13.0. The molecule has 4 fully saturated rings. The maximum atomic E-state index is 13.0. The molecule has 4 atom stereocenters. The number of rotatable bonds is 9. The molecule has 6 heteroatoms. The predicted molar refractivity (Wildman–Crippen MR) is 176 cm³/mol. The van der Waals surface area contributed by atoms with Gasteiger partial charge in [-0.1, -0.05) is 48.0 Å². The van der Waals surface area contributed by atoms with Crippen molar-refractivity contribution in [2.24, 2.45) is 34.5 Å². The van der Waals surface area contributed by atoms with Gasteiger partial charge in [-0.2, -0.15) is 0 Å². The fourth-order valence-electron chi connectivity index (χ4n) is 7.08. The quantitative estimate of drug-likeness (QED) is 0.191. The highest BCUT2D eigenvalue weighted by Gasteiger charge is 2.53. The smallest absolute Gasteiger partial charge is 0.312 e. The van der Waals surface area contributed by atoms with Crippen molar-refractivity contribution in [3.05, 3.63) is 0 Å². The van der Waals surface area contributed by atoms with E-state index >= 15 is 0 Å². The van der Waals surface area contributed by atoms with Crippen molar-refractivity contribution in [2.75, 3.05) is 0 Å². The first-order valence-electron chi connectivity index (χ1n) is 16.7. The summed E-state index contributed by atoms with van der Waals surface area (Å²) < 4.78 is 17.6. The molecule has 0 aromatic rings. The van der Waals surface area contributed by atoms with E-state index in [0.717, 1.165) is 57.8 Å². The summed E-state index contributed by atoms with van der Waals surface area (Å²) in [6, 6.07) is 0. The third-order valence-corrected chi connectivity index (χ3v) is 11.1. The van der Waals surface area contributed by atoms with Crippen LogP contribution >= 0.6 is 0 Å². The molecule has 4 unspecified atom stereocenters. The molecule has 4 aliphatic rings. The van der Waals surface area contributed by atoms with E-state index < -0.39 is 11.0 Å². The van der Waals surface area contributed by atoms with E-state index in [-0.39, 0.29) is 61.7 Å². The Balaban J connectivity index is 0.000000493. The van der Waals surface area contributed by atoms with Crippen molar-refractivity contribution >= 4 is 17.9 Å². The summed E-state index contributed by atoms with van der Waals surface area (Å²) in [6.45, 7) is 18.0. The van der Waals surface area contributed by atoms with Crippen LogP contribution in [0.4, 0.5) is 0 Å². The minimum Gasteiger partial charge on any atom is -0.462 e. The van der Waals surface area contributed by atoms with E-state index in [1.54, 1.807) is 0 Å². The van der Waals surface area contributed by atoms with E-state index in [0.29, 0.717) is 11.8 Å². The second kappa shape index (κ2) is 15.6. The first-order valence-corrected chi connectivity index (χ1v) is 16.7. The molecule has 4 aliphatic carbocycles. The fourth-order valence-corrected chi connectivity index (χ4v) is 7.08. The average Bonchev–Trinajstić information content (AvgIpc) is 3.65. The van der Waals surface area contributed by atoms with E-state index in [9.17, 15) is 14.4 Å². The lowest BCUT2D eigenvalue weighted by atomic mass is 9.78. The average molecular weight is 609 g/mol. The lowest BCUT2D eigenvalue weighted by molar-refractivity contribution is -0.177. The van der Waals surface area contributed by atoms with Gasteiger partial charge in [0.25, 0.3) is 0 Å². The predicted octanol–water partition coefficient (Wildman–Crippen LogP) is 9.85. The van der Waals surface area contributed by atoms with Crippen LogP contribution < -0.4 is 0 Å². The summed E-state index contributed by atoms with van der Waals surface area (Å²) >= 11 is 0.